The van der Waals surface area contributed by atoms with Crippen molar-refractivity contribution in [2.24, 2.45) is 5.92 Å². The number of likely N-dealkylation sites (tertiary alicyclic amines) is 1. The zero-order chi connectivity index (χ0) is 19.5. The molecule has 2 bridgehead atoms. The van der Waals surface area contributed by atoms with Crippen LogP contribution in [0.3, 0.4) is 0 Å². The Hall–Kier alpha value is -1.92. The van der Waals surface area contributed by atoms with Gasteiger partial charge in [-0.1, -0.05) is 29.8 Å². The second kappa shape index (κ2) is 8.62. The lowest BCUT2D eigenvalue weighted by molar-refractivity contribution is -0.134. The number of rotatable bonds is 5. The zero-order valence-corrected chi connectivity index (χ0v) is 16.8. The van der Waals surface area contributed by atoms with Crippen LogP contribution < -0.4 is 0 Å². The first-order chi connectivity index (χ1) is 13.6. The van der Waals surface area contributed by atoms with Gasteiger partial charge in [-0.15, -0.1) is 0 Å². The molecule has 3 aliphatic heterocycles. The molecule has 6 heteroatoms. The van der Waals surface area contributed by atoms with Crippen LogP contribution in [0.5, 0.6) is 0 Å². The third-order valence-corrected chi connectivity index (χ3v) is 6.21. The van der Waals surface area contributed by atoms with E-state index in [1.54, 1.807) is 0 Å². The molecule has 0 unspecified atom stereocenters. The average Bonchev–Trinajstić information content (AvgIpc) is 2.88. The fourth-order valence-corrected chi connectivity index (χ4v) is 4.58. The number of nitrogens with zero attached hydrogens (tertiary/aromatic N) is 3. The summed E-state index contributed by atoms with van der Waals surface area (Å²) in [6, 6.07) is 8.93. The van der Waals surface area contributed by atoms with E-state index in [1.165, 1.54) is 11.1 Å². The Morgan fingerprint density at radius 3 is 2.71 bits per heavy atom. The number of benzene rings is 1. The third-order valence-electron chi connectivity index (χ3n) is 6.21. The Kier molecular flexibility index (Phi) is 5.97. The molecule has 152 valence electrons. The van der Waals surface area contributed by atoms with E-state index in [2.05, 4.69) is 36.1 Å². The molecule has 0 radical (unpaired) electrons. The van der Waals surface area contributed by atoms with Crippen molar-refractivity contribution in [3.05, 3.63) is 35.4 Å². The highest BCUT2D eigenvalue weighted by molar-refractivity contribution is 5.80. The summed E-state index contributed by atoms with van der Waals surface area (Å²) in [7, 11) is 0. The standard InChI is InChI=1S/C22H31N3O3/c1-17-4-6-18(7-5-17)11-24-12-19-13-25(14-20(24)16-28-15-19)22(27)8-10-23-9-2-3-21(23)26/h4-7,19-20H,2-3,8-16H2,1H3/t19-,20+/m1/s1. The van der Waals surface area contributed by atoms with Crippen LogP contribution in [0.4, 0.5) is 0 Å². The van der Waals surface area contributed by atoms with Crippen molar-refractivity contribution in [1.82, 2.24) is 14.7 Å². The fourth-order valence-electron chi connectivity index (χ4n) is 4.58. The molecule has 3 saturated heterocycles. The van der Waals surface area contributed by atoms with Gasteiger partial charge in [-0.2, -0.15) is 0 Å². The van der Waals surface area contributed by atoms with Gasteiger partial charge in [-0.05, 0) is 18.9 Å². The van der Waals surface area contributed by atoms with E-state index < -0.39 is 0 Å². The van der Waals surface area contributed by atoms with Gasteiger partial charge < -0.3 is 14.5 Å². The molecule has 2 atom stereocenters. The van der Waals surface area contributed by atoms with Gasteiger partial charge in [0.1, 0.15) is 0 Å². The topological polar surface area (TPSA) is 53.1 Å². The van der Waals surface area contributed by atoms with Gasteiger partial charge in [0.15, 0.2) is 0 Å². The lowest BCUT2D eigenvalue weighted by Crippen LogP contribution is -2.46. The van der Waals surface area contributed by atoms with Crippen molar-refractivity contribution in [3.63, 3.8) is 0 Å². The number of aryl methyl sites for hydroxylation is 1. The summed E-state index contributed by atoms with van der Waals surface area (Å²) in [6.07, 6.45) is 1.99. The highest BCUT2D eigenvalue weighted by Crippen LogP contribution is 2.23. The Balaban J connectivity index is 1.38. The first-order valence-corrected chi connectivity index (χ1v) is 10.5. The molecule has 6 nitrogen and oxygen atoms in total. The summed E-state index contributed by atoms with van der Waals surface area (Å²) in [4.78, 5) is 31.0. The lowest BCUT2D eigenvalue weighted by atomic mass is 10.1. The number of hydrogen-bond donors (Lipinski definition) is 0. The molecule has 0 saturated carbocycles. The molecule has 3 heterocycles. The van der Waals surface area contributed by atoms with Crippen molar-refractivity contribution in [3.8, 4) is 0 Å². The van der Waals surface area contributed by atoms with Crippen LogP contribution in [0.1, 0.15) is 30.4 Å². The number of carbonyl (C=O) groups is 2. The first kappa shape index (κ1) is 19.4. The highest BCUT2D eigenvalue weighted by Gasteiger charge is 2.35. The minimum atomic E-state index is 0.175. The molecule has 4 rings (SSSR count). The molecule has 28 heavy (non-hydrogen) atoms. The van der Waals surface area contributed by atoms with Crippen LogP contribution in [0.2, 0.25) is 0 Å². The average molecular weight is 386 g/mol. The second-order valence-corrected chi connectivity index (χ2v) is 8.51. The number of ether oxygens (including phenoxy) is 1. The van der Waals surface area contributed by atoms with Crippen molar-refractivity contribution < 1.29 is 14.3 Å². The van der Waals surface area contributed by atoms with E-state index in [1.807, 2.05) is 9.80 Å². The van der Waals surface area contributed by atoms with Crippen molar-refractivity contribution >= 4 is 11.8 Å². The van der Waals surface area contributed by atoms with Crippen molar-refractivity contribution in [1.29, 1.82) is 0 Å². The third kappa shape index (κ3) is 4.55. The molecule has 1 aromatic rings. The molecular weight excluding hydrogens is 354 g/mol. The molecule has 1 aromatic carbocycles. The van der Waals surface area contributed by atoms with Crippen LogP contribution in [-0.4, -0.2) is 78.5 Å². The van der Waals surface area contributed by atoms with E-state index in [-0.39, 0.29) is 17.9 Å². The molecule has 0 aromatic heterocycles. The Morgan fingerprint density at radius 1 is 1.14 bits per heavy atom. The van der Waals surface area contributed by atoms with Crippen LogP contribution in [-0.2, 0) is 20.9 Å². The molecule has 0 N–H and O–H groups in total. The molecule has 3 aliphatic rings. The van der Waals surface area contributed by atoms with Crippen LogP contribution in [0, 0.1) is 12.8 Å². The summed E-state index contributed by atoms with van der Waals surface area (Å²) in [6.45, 7) is 8.20. The predicted octanol–water partition coefficient (Wildman–Crippen LogP) is 1.67. The predicted molar refractivity (Wildman–Crippen MR) is 107 cm³/mol. The summed E-state index contributed by atoms with van der Waals surface area (Å²) in [5.74, 6) is 0.710. The van der Waals surface area contributed by atoms with Crippen molar-refractivity contribution in [2.45, 2.75) is 38.8 Å². The summed E-state index contributed by atoms with van der Waals surface area (Å²) < 4.78 is 5.90. The summed E-state index contributed by atoms with van der Waals surface area (Å²) in [5.41, 5.74) is 2.58. The SMILES string of the molecule is Cc1ccc(CN2C[C@H]3COC[C@@H]2CN(C(=O)CCN2CCCC2=O)C3)cc1. The Morgan fingerprint density at radius 2 is 1.96 bits per heavy atom. The molecular formula is C22H31N3O3. The molecule has 3 fully saturated rings. The van der Waals surface area contributed by atoms with Gasteiger partial charge in [-0.3, -0.25) is 14.5 Å². The van der Waals surface area contributed by atoms with E-state index in [9.17, 15) is 9.59 Å². The number of fused-ring (bicyclic) bond motifs is 3. The molecule has 0 spiro atoms. The normalized spacial score (nSPS) is 25.8. The minimum Gasteiger partial charge on any atom is -0.379 e. The van der Waals surface area contributed by atoms with Crippen LogP contribution in [0.15, 0.2) is 24.3 Å². The Labute approximate surface area is 167 Å². The van der Waals surface area contributed by atoms with Gasteiger partial charge >= 0.3 is 0 Å². The smallest absolute Gasteiger partial charge is 0.224 e. The molecule has 2 amide bonds. The number of carbonyl (C=O) groups excluding carboxylic acids is 2. The number of hydrogen-bond acceptors (Lipinski definition) is 4. The van der Waals surface area contributed by atoms with Gasteiger partial charge in [0.05, 0.1) is 19.3 Å². The van der Waals surface area contributed by atoms with Gasteiger partial charge in [0.2, 0.25) is 11.8 Å². The monoisotopic (exact) mass is 385 g/mol. The number of amides is 2. The van der Waals surface area contributed by atoms with E-state index in [0.29, 0.717) is 31.9 Å². The quantitative estimate of drug-likeness (QED) is 0.774. The molecule has 0 aliphatic carbocycles. The van der Waals surface area contributed by atoms with Crippen LogP contribution in [0.25, 0.3) is 0 Å². The maximum Gasteiger partial charge on any atom is 0.224 e. The minimum absolute atomic E-state index is 0.175. The lowest BCUT2D eigenvalue weighted by Gasteiger charge is -2.31. The fraction of sp³-hybridized carbons (Fsp3) is 0.636. The Bertz CT molecular complexity index is 705. The maximum absolute atomic E-state index is 12.9. The maximum atomic E-state index is 12.9. The van der Waals surface area contributed by atoms with Gasteiger partial charge in [0.25, 0.3) is 0 Å². The van der Waals surface area contributed by atoms with E-state index in [4.69, 9.17) is 4.74 Å². The van der Waals surface area contributed by atoms with E-state index >= 15 is 0 Å². The van der Waals surface area contributed by atoms with Gasteiger partial charge in [-0.25, -0.2) is 0 Å². The zero-order valence-electron chi connectivity index (χ0n) is 16.8. The summed E-state index contributed by atoms with van der Waals surface area (Å²) >= 11 is 0. The highest BCUT2D eigenvalue weighted by atomic mass is 16.5. The summed E-state index contributed by atoms with van der Waals surface area (Å²) in [5, 5.41) is 0. The largest absolute Gasteiger partial charge is 0.379 e. The first-order valence-electron chi connectivity index (χ1n) is 10.5. The second-order valence-electron chi connectivity index (χ2n) is 8.51. The van der Waals surface area contributed by atoms with Crippen molar-refractivity contribution in [2.75, 3.05) is 45.9 Å². The van der Waals surface area contributed by atoms with Crippen LogP contribution >= 0.6 is 0 Å². The van der Waals surface area contributed by atoms with Gasteiger partial charge in [0, 0.05) is 58.0 Å². The van der Waals surface area contributed by atoms with E-state index in [0.717, 1.165) is 45.8 Å².